The van der Waals surface area contributed by atoms with Gasteiger partial charge in [-0.25, -0.2) is 4.79 Å². The van der Waals surface area contributed by atoms with Crippen molar-refractivity contribution in [1.29, 1.82) is 0 Å². The number of hydrogen-bond donors (Lipinski definition) is 10. The average molecular weight is 856 g/mol. The van der Waals surface area contributed by atoms with E-state index >= 15 is 0 Å². The quantitative estimate of drug-likeness (QED) is 0.0508. The first-order chi connectivity index (χ1) is 28.8. The summed E-state index contributed by atoms with van der Waals surface area (Å²) in [7, 11) is 0. The van der Waals surface area contributed by atoms with Gasteiger partial charge in [-0.15, -0.1) is 0 Å². The smallest absolute Gasteiger partial charge is 0.326 e. The van der Waals surface area contributed by atoms with Crippen LogP contribution in [0.15, 0.2) is 42.5 Å². The van der Waals surface area contributed by atoms with Crippen molar-refractivity contribution < 1.29 is 53.1 Å². The molecule has 61 heavy (non-hydrogen) atoms. The highest BCUT2D eigenvalue weighted by atomic mass is 16.4. The van der Waals surface area contributed by atoms with E-state index in [1.54, 1.807) is 44.2 Å². The number of hydrogen-bond acceptors (Lipinski definition) is 10. The highest BCUT2D eigenvalue weighted by Gasteiger charge is 2.36. The maximum absolute atomic E-state index is 13.9. The van der Waals surface area contributed by atoms with Crippen LogP contribution in [0.25, 0.3) is 0 Å². The number of rotatable bonds is 25. The molecule has 1 aromatic rings. The van der Waals surface area contributed by atoms with Crippen molar-refractivity contribution >= 4 is 59.1 Å². The van der Waals surface area contributed by atoms with Gasteiger partial charge in [0.25, 0.3) is 0 Å². The van der Waals surface area contributed by atoms with Crippen molar-refractivity contribution in [3.63, 3.8) is 0 Å². The molecule has 336 valence electrons. The van der Waals surface area contributed by atoms with Gasteiger partial charge in [0.2, 0.25) is 53.2 Å². The summed E-state index contributed by atoms with van der Waals surface area (Å²) in [6.07, 6.45) is 4.83. The molecule has 20 heteroatoms. The highest BCUT2D eigenvalue weighted by Crippen LogP contribution is 2.27. The molecule has 12 N–H and O–H groups in total. The van der Waals surface area contributed by atoms with Crippen LogP contribution in [0.1, 0.15) is 84.6 Å². The normalized spacial score (nSPS) is 15.3. The van der Waals surface area contributed by atoms with E-state index in [1.165, 1.54) is 0 Å². The lowest BCUT2D eigenvalue weighted by Crippen LogP contribution is -2.60. The number of aliphatic carboxylic acids is 1. The molecule has 5 atom stereocenters. The standard InChI is InChI=1S/C41H61N9O11/c1-23(2)19-28(39(58)49-35(24(3)4)37(43)56)48-40(59)36(26-13-9-6-10-14-26)50-38(57)27(15-16-30(42)51)46-32(53)18-17-31(52)44-21-33(54)45-22-34(55)47-29(41(60)61)20-25-11-7-5-8-12-25/h5,7-8,11-12,17-18,23-24,26-29,35-36H,6,9-10,13-16,19-22H2,1-4H3,(H2,42,51)(H2,43,56)(H,44,52)(H,45,54)(H,46,53)(H,47,55)(H,48,59)(H,49,58)(H,50,57)(H,60,61). The fourth-order valence-corrected chi connectivity index (χ4v) is 6.59. The predicted molar refractivity (Wildman–Crippen MR) is 221 cm³/mol. The van der Waals surface area contributed by atoms with Crippen LogP contribution in [-0.2, 0) is 54.4 Å². The summed E-state index contributed by atoms with van der Waals surface area (Å²) in [5, 5.41) is 26.7. The zero-order valence-electron chi connectivity index (χ0n) is 35.1. The number of nitrogens with one attached hydrogen (secondary N) is 7. The van der Waals surface area contributed by atoms with Crippen LogP contribution >= 0.6 is 0 Å². The van der Waals surface area contributed by atoms with Gasteiger partial charge in [0, 0.05) is 25.0 Å². The molecule has 5 unspecified atom stereocenters. The van der Waals surface area contributed by atoms with Gasteiger partial charge in [-0.3, -0.25) is 43.2 Å². The van der Waals surface area contributed by atoms with Crippen molar-refractivity contribution in [2.75, 3.05) is 13.1 Å². The average Bonchev–Trinajstić information content (AvgIpc) is 3.20. The minimum atomic E-state index is -1.39. The summed E-state index contributed by atoms with van der Waals surface area (Å²) in [5.74, 6) is -9.01. The lowest BCUT2D eigenvalue weighted by Gasteiger charge is -2.33. The van der Waals surface area contributed by atoms with E-state index in [0.29, 0.717) is 18.4 Å². The van der Waals surface area contributed by atoms with E-state index in [9.17, 15) is 53.1 Å². The summed E-state index contributed by atoms with van der Waals surface area (Å²) in [5.41, 5.74) is 11.5. The number of carboxylic acids is 1. The highest BCUT2D eigenvalue weighted by molar-refractivity contribution is 6.00. The van der Waals surface area contributed by atoms with E-state index in [1.807, 2.05) is 13.8 Å². The molecule has 0 aromatic heterocycles. The Balaban J connectivity index is 2.06. The third-order valence-corrected chi connectivity index (χ3v) is 9.80. The molecule has 0 bridgehead atoms. The van der Waals surface area contributed by atoms with Gasteiger partial charge in [0.1, 0.15) is 30.2 Å². The van der Waals surface area contributed by atoms with Crippen molar-refractivity contribution in [1.82, 2.24) is 37.2 Å². The topological polar surface area (TPSA) is 327 Å². The van der Waals surface area contributed by atoms with Crippen LogP contribution in [0.2, 0.25) is 0 Å². The molecule has 1 aliphatic carbocycles. The molecule has 1 saturated carbocycles. The maximum atomic E-state index is 13.9. The number of benzene rings is 1. The molecule has 2 rings (SSSR count). The molecule has 0 aliphatic heterocycles. The number of amides is 9. The minimum Gasteiger partial charge on any atom is -0.480 e. The van der Waals surface area contributed by atoms with Gasteiger partial charge < -0.3 is 53.8 Å². The Bertz CT molecular complexity index is 1750. The maximum Gasteiger partial charge on any atom is 0.326 e. The van der Waals surface area contributed by atoms with Crippen LogP contribution < -0.4 is 48.7 Å². The summed E-state index contributed by atoms with van der Waals surface area (Å²) in [6, 6.07) is 2.76. The summed E-state index contributed by atoms with van der Waals surface area (Å²) in [6.45, 7) is 5.93. The van der Waals surface area contributed by atoms with Crippen molar-refractivity contribution in [3.8, 4) is 0 Å². The second-order valence-electron chi connectivity index (χ2n) is 15.7. The fraction of sp³-hybridized carbons (Fsp3) is 0.561. The summed E-state index contributed by atoms with van der Waals surface area (Å²) < 4.78 is 0. The van der Waals surface area contributed by atoms with Crippen LogP contribution in [0.3, 0.4) is 0 Å². The molecule has 0 heterocycles. The molecule has 1 aromatic carbocycles. The fourth-order valence-electron chi connectivity index (χ4n) is 6.59. The largest absolute Gasteiger partial charge is 0.480 e. The van der Waals surface area contributed by atoms with Gasteiger partial charge in [-0.05, 0) is 49.0 Å². The first-order valence-corrected chi connectivity index (χ1v) is 20.3. The molecule has 0 radical (unpaired) electrons. The van der Waals surface area contributed by atoms with E-state index < -0.39 is 102 Å². The number of carboxylic acid groups (broad SMARTS) is 1. The first-order valence-electron chi connectivity index (χ1n) is 20.3. The molecule has 1 fully saturated rings. The summed E-state index contributed by atoms with van der Waals surface area (Å²) >= 11 is 0. The van der Waals surface area contributed by atoms with Gasteiger partial charge >= 0.3 is 5.97 Å². The van der Waals surface area contributed by atoms with E-state index in [2.05, 4.69) is 37.2 Å². The number of carbonyl (C=O) groups is 10. The number of nitrogens with two attached hydrogens (primary N) is 2. The van der Waals surface area contributed by atoms with Gasteiger partial charge in [0.15, 0.2) is 0 Å². The molecule has 9 amide bonds. The van der Waals surface area contributed by atoms with Crippen molar-refractivity contribution in [3.05, 3.63) is 48.0 Å². The molecular weight excluding hydrogens is 795 g/mol. The Hall–Kier alpha value is -6.34. The Morgan fingerprint density at radius 1 is 0.689 bits per heavy atom. The Labute approximate surface area is 354 Å². The zero-order valence-corrected chi connectivity index (χ0v) is 35.1. The van der Waals surface area contributed by atoms with Gasteiger partial charge in [-0.2, -0.15) is 0 Å². The van der Waals surface area contributed by atoms with Gasteiger partial charge in [-0.1, -0.05) is 77.3 Å². The number of primary amides is 2. The monoisotopic (exact) mass is 855 g/mol. The molecule has 0 spiro atoms. The lowest BCUT2D eigenvalue weighted by atomic mass is 9.83. The molecular formula is C41H61N9O11. The molecule has 1 aliphatic rings. The molecule has 0 saturated heterocycles. The van der Waals surface area contributed by atoms with Gasteiger partial charge in [0.05, 0.1) is 13.1 Å². The lowest BCUT2D eigenvalue weighted by molar-refractivity contribution is -0.141. The van der Waals surface area contributed by atoms with Crippen LogP contribution in [-0.4, -0.2) is 108 Å². The minimum absolute atomic E-state index is 0.0155. The molecule has 20 nitrogen and oxygen atoms in total. The SMILES string of the molecule is CC(C)CC(NC(=O)C(NC(=O)C(CCC(N)=O)NC(=O)C=CC(=O)NCC(=O)NCC(=O)NC(Cc1ccccc1)C(=O)O)C1CCCCC1)C(=O)NC(C(N)=O)C(C)C. The second-order valence-corrected chi connectivity index (χ2v) is 15.7. The van der Waals surface area contributed by atoms with E-state index in [-0.39, 0.29) is 43.4 Å². The van der Waals surface area contributed by atoms with Crippen molar-refractivity contribution in [2.24, 2.45) is 29.2 Å². The Morgan fingerprint density at radius 3 is 1.87 bits per heavy atom. The van der Waals surface area contributed by atoms with E-state index in [0.717, 1.165) is 31.4 Å². The second kappa shape index (κ2) is 26.0. The third kappa shape index (κ3) is 19.5. The van der Waals surface area contributed by atoms with Crippen LogP contribution in [0, 0.1) is 17.8 Å². The third-order valence-electron chi connectivity index (χ3n) is 9.80. The number of carbonyl (C=O) groups excluding carboxylic acids is 9. The Kier molecular flexibility index (Phi) is 21.6. The zero-order chi connectivity index (χ0) is 45.6. The van der Waals surface area contributed by atoms with E-state index in [4.69, 9.17) is 11.5 Å². The van der Waals surface area contributed by atoms with Crippen LogP contribution in [0.4, 0.5) is 0 Å². The van der Waals surface area contributed by atoms with Crippen molar-refractivity contribution in [2.45, 2.75) is 116 Å². The first kappa shape index (κ1) is 50.8. The van der Waals surface area contributed by atoms with Crippen LogP contribution in [0.5, 0.6) is 0 Å². The predicted octanol–water partition coefficient (Wildman–Crippen LogP) is -1.44. The summed E-state index contributed by atoms with van der Waals surface area (Å²) in [4.78, 5) is 126. The Morgan fingerprint density at radius 2 is 1.30 bits per heavy atom.